The Kier molecular flexibility index (Phi) is 5.14. The summed E-state index contributed by atoms with van der Waals surface area (Å²) in [4.78, 5) is 4.19. The maximum absolute atomic E-state index is 5.74. The van der Waals surface area contributed by atoms with Crippen LogP contribution in [0, 0.1) is 0 Å². The molecule has 3 heteroatoms. The van der Waals surface area contributed by atoms with Gasteiger partial charge >= 0.3 is 0 Å². The van der Waals surface area contributed by atoms with Crippen molar-refractivity contribution in [3.63, 3.8) is 0 Å². The number of hydrogen-bond donors (Lipinski definition) is 1. The third-order valence-corrected chi connectivity index (χ3v) is 2.58. The Hall–Kier alpha value is -2.13. The number of aromatic nitrogens is 1. The first-order valence-corrected chi connectivity index (χ1v) is 6.37. The standard InChI is InChI=1S/C16H18N2O/c1-17-10-6-5-7-14-11-16(13-18-12-14)19-15-8-3-2-4-9-15/h2-5,7-9,11-13,17H,6,10H2,1H3/b7-5+. The van der Waals surface area contributed by atoms with Gasteiger partial charge in [0.25, 0.3) is 0 Å². The van der Waals surface area contributed by atoms with Crippen molar-refractivity contribution >= 4 is 6.08 Å². The first kappa shape index (κ1) is 13.3. The number of nitrogens with one attached hydrogen (secondary N) is 1. The number of para-hydroxylation sites is 1. The number of rotatable bonds is 6. The lowest BCUT2D eigenvalue weighted by Crippen LogP contribution is -2.05. The molecule has 0 aliphatic carbocycles. The Morgan fingerprint density at radius 2 is 2.00 bits per heavy atom. The van der Waals surface area contributed by atoms with Crippen LogP contribution >= 0.6 is 0 Å². The van der Waals surface area contributed by atoms with Gasteiger partial charge in [-0.05, 0) is 43.8 Å². The molecule has 0 aliphatic heterocycles. The lowest BCUT2D eigenvalue weighted by atomic mass is 10.2. The molecule has 1 aromatic carbocycles. The first-order valence-electron chi connectivity index (χ1n) is 6.37. The molecule has 2 aromatic rings. The Morgan fingerprint density at radius 1 is 1.16 bits per heavy atom. The summed E-state index contributed by atoms with van der Waals surface area (Å²) >= 11 is 0. The quantitative estimate of drug-likeness (QED) is 0.801. The molecule has 0 aliphatic rings. The Bertz CT molecular complexity index is 523. The third-order valence-electron chi connectivity index (χ3n) is 2.58. The molecule has 0 radical (unpaired) electrons. The van der Waals surface area contributed by atoms with E-state index in [0.717, 1.165) is 30.0 Å². The van der Waals surface area contributed by atoms with Crippen molar-refractivity contribution < 1.29 is 4.74 Å². The molecule has 0 amide bonds. The topological polar surface area (TPSA) is 34.2 Å². The predicted octanol–water partition coefficient (Wildman–Crippen LogP) is 3.50. The summed E-state index contributed by atoms with van der Waals surface area (Å²) in [5.41, 5.74) is 1.05. The van der Waals surface area contributed by atoms with Gasteiger partial charge in [-0.25, -0.2) is 0 Å². The van der Waals surface area contributed by atoms with Gasteiger partial charge < -0.3 is 10.1 Å². The summed E-state index contributed by atoms with van der Waals surface area (Å²) in [5, 5.41) is 3.11. The van der Waals surface area contributed by atoms with Gasteiger partial charge in [0, 0.05) is 6.20 Å². The highest BCUT2D eigenvalue weighted by molar-refractivity contribution is 5.50. The average molecular weight is 254 g/mol. The minimum absolute atomic E-state index is 0.752. The molecule has 0 saturated carbocycles. The van der Waals surface area contributed by atoms with Gasteiger partial charge in [0.2, 0.25) is 0 Å². The van der Waals surface area contributed by atoms with Crippen LogP contribution in [0.4, 0.5) is 0 Å². The van der Waals surface area contributed by atoms with Crippen LogP contribution in [0.25, 0.3) is 6.08 Å². The van der Waals surface area contributed by atoms with Crippen molar-refractivity contribution in [3.8, 4) is 11.5 Å². The Labute approximate surface area is 114 Å². The van der Waals surface area contributed by atoms with Crippen molar-refractivity contribution in [3.05, 3.63) is 60.4 Å². The highest BCUT2D eigenvalue weighted by Crippen LogP contribution is 2.21. The van der Waals surface area contributed by atoms with Crippen LogP contribution in [0.3, 0.4) is 0 Å². The molecule has 19 heavy (non-hydrogen) atoms. The van der Waals surface area contributed by atoms with Crippen LogP contribution in [-0.2, 0) is 0 Å². The van der Waals surface area contributed by atoms with Crippen molar-refractivity contribution in [2.45, 2.75) is 6.42 Å². The molecule has 1 aromatic heterocycles. The van der Waals surface area contributed by atoms with Crippen molar-refractivity contribution in [1.29, 1.82) is 0 Å². The van der Waals surface area contributed by atoms with E-state index in [1.54, 1.807) is 6.20 Å². The summed E-state index contributed by atoms with van der Waals surface area (Å²) in [6, 6.07) is 11.7. The molecule has 0 atom stereocenters. The largest absolute Gasteiger partial charge is 0.456 e. The summed E-state index contributed by atoms with van der Waals surface area (Å²) in [7, 11) is 1.95. The summed E-state index contributed by atoms with van der Waals surface area (Å²) in [6.45, 7) is 0.976. The highest BCUT2D eigenvalue weighted by Gasteiger charge is 1.97. The lowest BCUT2D eigenvalue weighted by molar-refractivity contribution is 0.480. The fraction of sp³-hybridized carbons (Fsp3) is 0.188. The van der Waals surface area contributed by atoms with Crippen LogP contribution in [0.5, 0.6) is 11.5 Å². The molecular formula is C16H18N2O. The highest BCUT2D eigenvalue weighted by atomic mass is 16.5. The fourth-order valence-electron chi connectivity index (χ4n) is 1.65. The zero-order valence-corrected chi connectivity index (χ0v) is 11.0. The van der Waals surface area contributed by atoms with Gasteiger partial charge in [-0.3, -0.25) is 4.98 Å². The van der Waals surface area contributed by atoms with Crippen molar-refractivity contribution in [1.82, 2.24) is 10.3 Å². The average Bonchev–Trinajstić information content (AvgIpc) is 2.45. The lowest BCUT2D eigenvalue weighted by Gasteiger charge is -2.05. The number of benzene rings is 1. The van der Waals surface area contributed by atoms with E-state index in [0.29, 0.717) is 0 Å². The van der Waals surface area contributed by atoms with Crippen molar-refractivity contribution in [2.75, 3.05) is 13.6 Å². The van der Waals surface area contributed by atoms with E-state index in [1.807, 2.05) is 49.6 Å². The second-order valence-electron chi connectivity index (χ2n) is 4.16. The second kappa shape index (κ2) is 7.34. The summed E-state index contributed by atoms with van der Waals surface area (Å²) in [5.74, 6) is 1.57. The van der Waals surface area contributed by atoms with E-state index in [2.05, 4.69) is 22.5 Å². The van der Waals surface area contributed by atoms with Crippen LogP contribution in [-0.4, -0.2) is 18.6 Å². The Morgan fingerprint density at radius 3 is 2.79 bits per heavy atom. The molecular weight excluding hydrogens is 236 g/mol. The molecule has 1 heterocycles. The van der Waals surface area contributed by atoms with Gasteiger partial charge in [-0.2, -0.15) is 0 Å². The van der Waals surface area contributed by atoms with E-state index >= 15 is 0 Å². The monoisotopic (exact) mass is 254 g/mol. The zero-order chi connectivity index (χ0) is 13.3. The summed E-state index contributed by atoms with van der Waals surface area (Å²) in [6.07, 6.45) is 8.73. The zero-order valence-electron chi connectivity index (χ0n) is 11.0. The molecule has 3 nitrogen and oxygen atoms in total. The van der Waals surface area contributed by atoms with E-state index in [4.69, 9.17) is 4.74 Å². The number of ether oxygens (including phenoxy) is 1. The first-order chi connectivity index (χ1) is 9.38. The normalized spacial score (nSPS) is 10.8. The van der Waals surface area contributed by atoms with E-state index in [9.17, 15) is 0 Å². The molecule has 98 valence electrons. The van der Waals surface area contributed by atoms with Gasteiger partial charge in [0.15, 0.2) is 0 Å². The van der Waals surface area contributed by atoms with E-state index in [1.165, 1.54) is 0 Å². The molecule has 0 unspecified atom stereocenters. The number of pyridine rings is 1. The minimum atomic E-state index is 0.752. The molecule has 2 rings (SSSR count). The molecule has 1 N–H and O–H groups in total. The number of hydrogen-bond acceptors (Lipinski definition) is 3. The SMILES string of the molecule is CNCC/C=C/c1cncc(Oc2ccccc2)c1. The van der Waals surface area contributed by atoms with Gasteiger partial charge in [0.1, 0.15) is 11.5 Å². The molecule has 0 saturated heterocycles. The molecule has 0 spiro atoms. The van der Waals surface area contributed by atoms with Crippen LogP contribution < -0.4 is 10.1 Å². The van der Waals surface area contributed by atoms with Gasteiger partial charge in [0.05, 0.1) is 6.20 Å². The molecule has 0 fully saturated rings. The van der Waals surface area contributed by atoms with Gasteiger partial charge in [-0.1, -0.05) is 30.4 Å². The summed E-state index contributed by atoms with van der Waals surface area (Å²) < 4.78 is 5.74. The predicted molar refractivity (Wildman–Crippen MR) is 78.3 cm³/mol. The van der Waals surface area contributed by atoms with Crippen LogP contribution in [0.15, 0.2) is 54.9 Å². The fourth-order valence-corrected chi connectivity index (χ4v) is 1.65. The van der Waals surface area contributed by atoms with E-state index in [-0.39, 0.29) is 0 Å². The smallest absolute Gasteiger partial charge is 0.146 e. The van der Waals surface area contributed by atoms with Crippen LogP contribution in [0.2, 0.25) is 0 Å². The maximum Gasteiger partial charge on any atom is 0.146 e. The van der Waals surface area contributed by atoms with Crippen molar-refractivity contribution in [2.24, 2.45) is 0 Å². The van der Waals surface area contributed by atoms with Crippen LogP contribution in [0.1, 0.15) is 12.0 Å². The Balaban J connectivity index is 2.01. The van der Waals surface area contributed by atoms with Gasteiger partial charge in [-0.15, -0.1) is 0 Å². The third kappa shape index (κ3) is 4.56. The van der Waals surface area contributed by atoms with E-state index < -0.39 is 0 Å². The number of nitrogens with zero attached hydrogens (tertiary/aromatic N) is 1. The second-order valence-corrected chi connectivity index (χ2v) is 4.16. The maximum atomic E-state index is 5.74. The minimum Gasteiger partial charge on any atom is -0.456 e. The molecule has 0 bridgehead atoms.